The topological polar surface area (TPSA) is 75.2 Å². The van der Waals surface area contributed by atoms with Gasteiger partial charge in [-0.05, 0) is 41.7 Å². The fourth-order valence-electron chi connectivity index (χ4n) is 3.56. The molecular weight excluding hydrogens is 380 g/mol. The molecule has 0 aromatic heterocycles. The highest BCUT2D eigenvalue weighted by Crippen LogP contribution is 2.27. The van der Waals surface area contributed by atoms with Gasteiger partial charge in [-0.3, -0.25) is 9.79 Å². The predicted octanol–water partition coefficient (Wildman–Crippen LogP) is 2.00. The molecule has 2 aromatic carbocycles. The number of fused-ring (bicyclic) bond motifs is 1. The number of hydrogen-bond acceptors (Lipinski definition) is 4. The molecule has 2 aromatic rings. The van der Waals surface area contributed by atoms with Gasteiger partial charge in [-0.25, -0.2) is 0 Å². The van der Waals surface area contributed by atoms with Crippen molar-refractivity contribution in [2.75, 3.05) is 40.9 Å². The predicted molar refractivity (Wildman–Crippen MR) is 118 cm³/mol. The van der Waals surface area contributed by atoms with Gasteiger partial charge in [0.05, 0.1) is 20.8 Å². The van der Waals surface area contributed by atoms with Crippen LogP contribution in [0.15, 0.2) is 47.5 Å². The molecule has 0 unspecified atom stereocenters. The Labute approximate surface area is 178 Å². The highest BCUT2D eigenvalue weighted by molar-refractivity contribution is 5.86. The minimum atomic E-state index is 0.0762. The molecule has 0 bridgehead atoms. The summed E-state index contributed by atoms with van der Waals surface area (Å²) < 4.78 is 10.6. The molecule has 0 spiro atoms. The van der Waals surface area contributed by atoms with Crippen LogP contribution in [-0.4, -0.2) is 57.7 Å². The molecule has 0 aliphatic carbocycles. The van der Waals surface area contributed by atoms with Gasteiger partial charge in [0.25, 0.3) is 0 Å². The number of benzene rings is 2. The number of rotatable bonds is 7. The summed E-state index contributed by atoms with van der Waals surface area (Å²) in [6, 6.07) is 14.2. The maximum absolute atomic E-state index is 12.6. The van der Waals surface area contributed by atoms with E-state index in [0.717, 1.165) is 24.9 Å². The van der Waals surface area contributed by atoms with Crippen molar-refractivity contribution < 1.29 is 14.3 Å². The van der Waals surface area contributed by atoms with E-state index < -0.39 is 0 Å². The third-order valence-electron chi connectivity index (χ3n) is 5.27. The monoisotopic (exact) mass is 410 g/mol. The fourth-order valence-corrected chi connectivity index (χ4v) is 3.56. The van der Waals surface area contributed by atoms with E-state index in [0.29, 0.717) is 30.5 Å². The highest BCUT2D eigenvalue weighted by Gasteiger charge is 2.20. The number of hydrogen-bond donors (Lipinski definition) is 2. The summed E-state index contributed by atoms with van der Waals surface area (Å²) >= 11 is 0. The zero-order chi connectivity index (χ0) is 21.3. The van der Waals surface area contributed by atoms with Crippen molar-refractivity contribution in [2.45, 2.75) is 19.4 Å². The smallest absolute Gasteiger partial charge is 0.242 e. The Morgan fingerprint density at radius 3 is 2.57 bits per heavy atom. The largest absolute Gasteiger partial charge is 0.493 e. The maximum Gasteiger partial charge on any atom is 0.242 e. The molecule has 1 aliphatic heterocycles. The SMILES string of the molecule is CN=C(NCCc1ccc(OC)c(OC)c1)NCC(=O)N1CCc2ccccc2C1. The second kappa shape index (κ2) is 10.5. The molecular formula is C23H30N4O3. The van der Waals surface area contributed by atoms with Gasteiger partial charge in [-0.2, -0.15) is 0 Å². The third-order valence-corrected chi connectivity index (χ3v) is 5.27. The van der Waals surface area contributed by atoms with Gasteiger partial charge < -0.3 is 25.0 Å². The van der Waals surface area contributed by atoms with Crippen molar-refractivity contribution in [3.63, 3.8) is 0 Å². The molecule has 1 amide bonds. The third kappa shape index (κ3) is 5.43. The van der Waals surface area contributed by atoms with E-state index in [-0.39, 0.29) is 12.5 Å². The van der Waals surface area contributed by atoms with Crippen LogP contribution in [0.5, 0.6) is 11.5 Å². The Kier molecular flexibility index (Phi) is 7.54. The summed E-state index contributed by atoms with van der Waals surface area (Å²) in [6.07, 6.45) is 1.69. The first-order valence-electron chi connectivity index (χ1n) is 10.1. The summed E-state index contributed by atoms with van der Waals surface area (Å²) in [4.78, 5) is 18.7. The van der Waals surface area contributed by atoms with E-state index in [1.54, 1.807) is 21.3 Å². The fraction of sp³-hybridized carbons (Fsp3) is 0.391. The number of amides is 1. The maximum atomic E-state index is 12.6. The summed E-state index contributed by atoms with van der Waals surface area (Å²) in [5.41, 5.74) is 3.69. The number of aliphatic imine (C=N–C) groups is 1. The number of ether oxygens (including phenoxy) is 2. The normalized spacial score (nSPS) is 13.4. The Bertz CT molecular complexity index is 898. The number of carbonyl (C=O) groups excluding carboxylic acids is 1. The zero-order valence-corrected chi connectivity index (χ0v) is 17.9. The number of carbonyl (C=O) groups is 1. The molecule has 0 radical (unpaired) electrons. The van der Waals surface area contributed by atoms with E-state index in [4.69, 9.17) is 9.47 Å². The van der Waals surface area contributed by atoms with Gasteiger partial charge in [0.15, 0.2) is 17.5 Å². The quantitative estimate of drug-likeness (QED) is 0.539. The van der Waals surface area contributed by atoms with E-state index in [1.165, 1.54) is 11.1 Å². The lowest BCUT2D eigenvalue weighted by atomic mass is 10.00. The van der Waals surface area contributed by atoms with E-state index in [1.807, 2.05) is 29.2 Å². The molecule has 0 saturated heterocycles. The number of methoxy groups -OCH3 is 2. The van der Waals surface area contributed by atoms with Crippen LogP contribution in [0.4, 0.5) is 0 Å². The number of guanidine groups is 1. The van der Waals surface area contributed by atoms with Crippen LogP contribution in [0.3, 0.4) is 0 Å². The molecule has 30 heavy (non-hydrogen) atoms. The second-order valence-electron chi connectivity index (χ2n) is 7.13. The standard InChI is InChI=1S/C23H30N4O3/c1-24-23(25-12-10-17-8-9-20(29-2)21(14-17)30-3)26-15-22(28)27-13-11-18-6-4-5-7-19(18)16-27/h4-9,14H,10-13,15-16H2,1-3H3,(H2,24,25,26). The van der Waals surface area contributed by atoms with Crippen LogP contribution in [0.25, 0.3) is 0 Å². The first-order chi connectivity index (χ1) is 14.6. The van der Waals surface area contributed by atoms with Gasteiger partial charge in [0.1, 0.15) is 0 Å². The molecule has 3 rings (SSSR count). The average Bonchev–Trinajstić information content (AvgIpc) is 2.80. The van der Waals surface area contributed by atoms with Crippen molar-refractivity contribution in [3.8, 4) is 11.5 Å². The van der Waals surface area contributed by atoms with Gasteiger partial charge in [0, 0.05) is 26.7 Å². The Hall–Kier alpha value is -3.22. The van der Waals surface area contributed by atoms with Crippen molar-refractivity contribution in [2.24, 2.45) is 4.99 Å². The molecule has 1 aliphatic rings. The summed E-state index contributed by atoms with van der Waals surface area (Å²) in [5.74, 6) is 2.12. The molecule has 0 atom stereocenters. The summed E-state index contributed by atoms with van der Waals surface area (Å²) in [5, 5.41) is 6.37. The Balaban J connectivity index is 1.44. The van der Waals surface area contributed by atoms with Crippen LogP contribution in [0.2, 0.25) is 0 Å². The molecule has 0 fully saturated rings. The van der Waals surface area contributed by atoms with Crippen molar-refractivity contribution in [1.29, 1.82) is 0 Å². The molecule has 7 nitrogen and oxygen atoms in total. The molecule has 1 heterocycles. The summed E-state index contributed by atoms with van der Waals surface area (Å²) in [6.45, 7) is 2.32. The van der Waals surface area contributed by atoms with Gasteiger partial charge in [0.2, 0.25) is 5.91 Å². The van der Waals surface area contributed by atoms with Crippen molar-refractivity contribution >= 4 is 11.9 Å². The lowest BCUT2D eigenvalue weighted by Crippen LogP contribution is -2.46. The lowest BCUT2D eigenvalue weighted by molar-refractivity contribution is -0.130. The van der Waals surface area contributed by atoms with Gasteiger partial charge in [-0.1, -0.05) is 30.3 Å². The van der Waals surface area contributed by atoms with Crippen LogP contribution in [0.1, 0.15) is 16.7 Å². The first-order valence-corrected chi connectivity index (χ1v) is 10.1. The van der Waals surface area contributed by atoms with Crippen molar-refractivity contribution in [1.82, 2.24) is 15.5 Å². The van der Waals surface area contributed by atoms with Crippen LogP contribution in [0, 0.1) is 0 Å². The molecule has 160 valence electrons. The van der Waals surface area contributed by atoms with Crippen LogP contribution in [-0.2, 0) is 24.2 Å². The van der Waals surface area contributed by atoms with E-state index in [2.05, 4.69) is 33.8 Å². The minimum absolute atomic E-state index is 0.0762. The van der Waals surface area contributed by atoms with Crippen LogP contribution >= 0.6 is 0 Å². The van der Waals surface area contributed by atoms with Gasteiger partial charge >= 0.3 is 0 Å². The number of nitrogens with one attached hydrogen (secondary N) is 2. The van der Waals surface area contributed by atoms with E-state index >= 15 is 0 Å². The van der Waals surface area contributed by atoms with E-state index in [9.17, 15) is 4.79 Å². The molecule has 7 heteroatoms. The highest BCUT2D eigenvalue weighted by atomic mass is 16.5. The Morgan fingerprint density at radius 1 is 1.07 bits per heavy atom. The zero-order valence-electron chi connectivity index (χ0n) is 17.9. The lowest BCUT2D eigenvalue weighted by Gasteiger charge is -2.29. The molecule has 2 N–H and O–H groups in total. The van der Waals surface area contributed by atoms with Crippen LogP contribution < -0.4 is 20.1 Å². The second-order valence-corrected chi connectivity index (χ2v) is 7.13. The summed E-state index contributed by atoms with van der Waals surface area (Å²) in [7, 11) is 4.95. The molecule has 0 saturated carbocycles. The Morgan fingerprint density at radius 2 is 1.83 bits per heavy atom. The minimum Gasteiger partial charge on any atom is -0.493 e. The number of nitrogens with zero attached hydrogens (tertiary/aromatic N) is 2. The van der Waals surface area contributed by atoms with Gasteiger partial charge in [-0.15, -0.1) is 0 Å². The average molecular weight is 411 g/mol. The first kappa shape index (κ1) is 21.5. The van der Waals surface area contributed by atoms with Crippen molar-refractivity contribution in [3.05, 3.63) is 59.2 Å².